The highest BCUT2D eigenvalue weighted by atomic mass is 32.2. The van der Waals surface area contributed by atoms with E-state index >= 15 is 0 Å². The highest BCUT2D eigenvalue weighted by molar-refractivity contribution is 8.13. The minimum absolute atomic E-state index is 0.104. The van der Waals surface area contributed by atoms with Crippen LogP contribution in [0.5, 0.6) is 0 Å². The number of carbonyl (C=O) groups is 2. The normalized spacial score (nSPS) is 13.9. The summed E-state index contributed by atoms with van der Waals surface area (Å²) < 4.78 is 13.5. The lowest BCUT2D eigenvalue weighted by Crippen LogP contribution is -2.22. The van der Waals surface area contributed by atoms with Crippen molar-refractivity contribution >= 4 is 22.8 Å². The summed E-state index contributed by atoms with van der Waals surface area (Å²) in [5, 5.41) is 28.0. The highest BCUT2D eigenvalue weighted by Crippen LogP contribution is 2.24. The Balaban J connectivity index is 2.91. The van der Waals surface area contributed by atoms with E-state index in [1.54, 1.807) is 0 Å². The molecule has 104 valence electrons. The van der Waals surface area contributed by atoms with Gasteiger partial charge in [0.25, 0.3) is 0 Å². The first-order valence-electron chi connectivity index (χ1n) is 5.35. The van der Waals surface area contributed by atoms with Gasteiger partial charge in [0.15, 0.2) is 5.12 Å². The summed E-state index contributed by atoms with van der Waals surface area (Å²) in [6, 6.07) is 2.93. The van der Waals surface area contributed by atoms with Crippen LogP contribution in [0, 0.1) is 5.82 Å². The van der Waals surface area contributed by atoms with E-state index in [0.717, 1.165) is 30.0 Å². The zero-order valence-corrected chi connectivity index (χ0v) is 10.9. The summed E-state index contributed by atoms with van der Waals surface area (Å²) in [4.78, 5) is 21.5. The molecule has 0 spiro atoms. The molecule has 0 aliphatic heterocycles. The Bertz CT molecular complexity index is 491. The van der Waals surface area contributed by atoms with Gasteiger partial charge in [-0.2, -0.15) is 0 Å². The van der Waals surface area contributed by atoms with Crippen molar-refractivity contribution in [1.29, 1.82) is 0 Å². The number of hydrogen-bond donors (Lipinski definition) is 3. The summed E-state index contributed by atoms with van der Waals surface area (Å²) in [6.07, 6.45) is -2.96. The first-order valence-corrected chi connectivity index (χ1v) is 6.33. The van der Waals surface area contributed by atoms with Gasteiger partial charge in [-0.1, -0.05) is 11.8 Å². The van der Waals surface area contributed by atoms with Gasteiger partial charge in [0, 0.05) is 18.2 Å². The van der Waals surface area contributed by atoms with Gasteiger partial charge in [-0.15, -0.1) is 0 Å². The van der Waals surface area contributed by atoms with Gasteiger partial charge in [0.05, 0.1) is 11.7 Å². The molecule has 1 aromatic carbocycles. The molecule has 0 aromatic heterocycles. The van der Waals surface area contributed by atoms with Crippen LogP contribution in [0.25, 0.3) is 0 Å². The number of halogens is 1. The Hall–Kier alpha value is -1.44. The molecule has 1 aromatic rings. The number of hydrogen-bond acceptors (Lipinski definition) is 5. The molecular weight excluding hydrogens is 275 g/mol. The lowest BCUT2D eigenvalue weighted by Gasteiger charge is -2.18. The van der Waals surface area contributed by atoms with Crippen molar-refractivity contribution in [2.45, 2.75) is 19.1 Å². The molecule has 1 rings (SSSR count). The van der Waals surface area contributed by atoms with E-state index in [4.69, 9.17) is 5.11 Å². The third-order valence-corrected chi connectivity index (χ3v) is 3.30. The zero-order valence-electron chi connectivity index (χ0n) is 10.0. The Kier molecular flexibility index (Phi) is 5.46. The predicted molar refractivity (Wildman–Crippen MR) is 67.5 cm³/mol. The number of thioether (sulfide) groups is 1. The molecule has 2 unspecified atom stereocenters. The Morgan fingerprint density at radius 1 is 1.37 bits per heavy atom. The van der Waals surface area contributed by atoms with Crippen molar-refractivity contribution in [3.63, 3.8) is 0 Å². The first kappa shape index (κ1) is 15.6. The number of aliphatic hydroxyl groups excluding tert-OH is 2. The molecule has 0 radical (unpaired) electrons. The molecule has 0 saturated heterocycles. The summed E-state index contributed by atoms with van der Waals surface area (Å²) in [5.41, 5.74) is -0.501. The summed E-state index contributed by atoms with van der Waals surface area (Å²) in [7, 11) is 0. The third kappa shape index (κ3) is 4.30. The number of aromatic carboxylic acids is 1. The Morgan fingerprint density at radius 3 is 2.53 bits per heavy atom. The fourth-order valence-corrected chi connectivity index (χ4v) is 1.99. The van der Waals surface area contributed by atoms with E-state index in [-0.39, 0.29) is 22.0 Å². The van der Waals surface area contributed by atoms with Gasteiger partial charge in [0.1, 0.15) is 11.9 Å². The average Bonchev–Trinajstić information content (AvgIpc) is 2.35. The van der Waals surface area contributed by atoms with E-state index in [2.05, 4.69) is 0 Å². The van der Waals surface area contributed by atoms with Crippen molar-refractivity contribution in [2.75, 3.05) is 5.75 Å². The Labute approximate surface area is 113 Å². The molecule has 7 heteroatoms. The molecule has 19 heavy (non-hydrogen) atoms. The third-order valence-electron chi connectivity index (χ3n) is 2.38. The van der Waals surface area contributed by atoms with Gasteiger partial charge < -0.3 is 15.3 Å². The standard InChI is InChI=1S/C12H13FO5S/c1-6(14)19-5-10(15)11(16)8-4-7(12(17)18)2-3-9(8)13/h2-4,10-11,15-16H,5H2,1H3,(H,17,18). The second kappa shape index (κ2) is 6.65. The molecule has 0 amide bonds. The first-order chi connectivity index (χ1) is 8.82. The monoisotopic (exact) mass is 288 g/mol. The van der Waals surface area contributed by atoms with Gasteiger partial charge in [0.2, 0.25) is 0 Å². The van der Waals surface area contributed by atoms with Crippen LogP contribution < -0.4 is 0 Å². The molecule has 0 bridgehead atoms. The lowest BCUT2D eigenvalue weighted by atomic mass is 10.0. The zero-order chi connectivity index (χ0) is 14.6. The summed E-state index contributed by atoms with van der Waals surface area (Å²) >= 11 is 0.791. The van der Waals surface area contributed by atoms with E-state index in [1.807, 2.05) is 0 Å². The molecule has 0 saturated carbocycles. The van der Waals surface area contributed by atoms with E-state index in [1.165, 1.54) is 6.92 Å². The van der Waals surface area contributed by atoms with Gasteiger partial charge in [-0.05, 0) is 18.2 Å². The number of carboxylic acid groups (broad SMARTS) is 1. The Morgan fingerprint density at radius 2 is 2.00 bits per heavy atom. The lowest BCUT2D eigenvalue weighted by molar-refractivity contribution is -0.109. The van der Waals surface area contributed by atoms with Gasteiger partial charge in [-0.25, -0.2) is 9.18 Å². The van der Waals surface area contributed by atoms with Crippen molar-refractivity contribution < 1.29 is 29.3 Å². The second-order valence-electron chi connectivity index (χ2n) is 3.86. The van der Waals surface area contributed by atoms with Crippen LogP contribution in [-0.4, -0.2) is 38.3 Å². The summed E-state index contributed by atoms with van der Waals surface area (Å²) in [5.74, 6) is -2.18. The largest absolute Gasteiger partial charge is 0.478 e. The second-order valence-corrected chi connectivity index (χ2v) is 5.05. The van der Waals surface area contributed by atoms with Crippen LogP contribution in [0.2, 0.25) is 0 Å². The van der Waals surface area contributed by atoms with E-state index in [0.29, 0.717) is 0 Å². The number of aliphatic hydroxyl groups is 2. The quantitative estimate of drug-likeness (QED) is 0.753. The van der Waals surface area contributed by atoms with Crippen LogP contribution in [0.3, 0.4) is 0 Å². The number of carboxylic acids is 1. The SMILES string of the molecule is CC(=O)SCC(O)C(O)c1cc(C(=O)O)ccc1F. The van der Waals surface area contributed by atoms with E-state index in [9.17, 15) is 24.2 Å². The van der Waals surface area contributed by atoms with Gasteiger partial charge in [-0.3, -0.25) is 4.79 Å². The average molecular weight is 288 g/mol. The van der Waals surface area contributed by atoms with Crippen LogP contribution in [0.1, 0.15) is 28.9 Å². The molecule has 0 fully saturated rings. The van der Waals surface area contributed by atoms with Crippen LogP contribution >= 0.6 is 11.8 Å². The maximum atomic E-state index is 13.5. The van der Waals surface area contributed by atoms with Crippen LogP contribution in [-0.2, 0) is 4.79 Å². The molecule has 0 heterocycles. The fourth-order valence-electron chi connectivity index (χ4n) is 1.40. The molecule has 3 N–H and O–H groups in total. The number of rotatable bonds is 5. The molecule has 2 atom stereocenters. The van der Waals surface area contributed by atoms with Crippen molar-refractivity contribution in [1.82, 2.24) is 0 Å². The fraction of sp³-hybridized carbons (Fsp3) is 0.333. The highest BCUT2D eigenvalue weighted by Gasteiger charge is 2.23. The van der Waals surface area contributed by atoms with Gasteiger partial charge >= 0.3 is 5.97 Å². The minimum Gasteiger partial charge on any atom is -0.478 e. The van der Waals surface area contributed by atoms with E-state index < -0.39 is 24.0 Å². The number of benzene rings is 1. The molecule has 0 aliphatic carbocycles. The van der Waals surface area contributed by atoms with Crippen LogP contribution in [0.4, 0.5) is 4.39 Å². The van der Waals surface area contributed by atoms with Crippen molar-refractivity contribution in [2.24, 2.45) is 0 Å². The topological polar surface area (TPSA) is 94.8 Å². The molecule has 0 aliphatic rings. The predicted octanol–water partition coefficient (Wildman–Crippen LogP) is 1.20. The maximum absolute atomic E-state index is 13.5. The maximum Gasteiger partial charge on any atom is 0.335 e. The minimum atomic E-state index is -1.59. The number of carbonyl (C=O) groups excluding carboxylic acids is 1. The van der Waals surface area contributed by atoms with Crippen LogP contribution in [0.15, 0.2) is 18.2 Å². The van der Waals surface area contributed by atoms with Crippen molar-refractivity contribution in [3.8, 4) is 0 Å². The molecule has 5 nitrogen and oxygen atoms in total. The summed E-state index contributed by atoms with van der Waals surface area (Å²) in [6.45, 7) is 1.30. The smallest absolute Gasteiger partial charge is 0.335 e. The van der Waals surface area contributed by atoms with Crippen molar-refractivity contribution in [3.05, 3.63) is 35.1 Å². The molecular formula is C12H13FO5S.